The molecule has 1 atom stereocenters. The maximum atomic E-state index is 12.7. The van der Waals surface area contributed by atoms with Crippen molar-refractivity contribution < 1.29 is 33.6 Å². The molecule has 0 aliphatic carbocycles. The smallest absolute Gasteiger partial charge is 0.211 e. The molecule has 0 amide bonds. The van der Waals surface area contributed by atoms with Gasteiger partial charge in [0.2, 0.25) is 17.2 Å². The highest BCUT2D eigenvalue weighted by Crippen LogP contribution is 2.56. The van der Waals surface area contributed by atoms with Crippen molar-refractivity contribution in [3.63, 3.8) is 0 Å². The number of ether oxygens (including phenoxy) is 5. The fourth-order valence-electron chi connectivity index (χ4n) is 3.04. The van der Waals surface area contributed by atoms with Crippen molar-refractivity contribution >= 4 is 5.78 Å². The van der Waals surface area contributed by atoms with Crippen LogP contribution in [0.4, 0.5) is 0 Å². The molecule has 1 heterocycles. The monoisotopic (exact) mass is 360 g/mol. The van der Waals surface area contributed by atoms with Crippen molar-refractivity contribution in [2.45, 2.75) is 12.5 Å². The van der Waals surface area contributed by atoms with E-state index in [1.165, 1.54) is 21.3 Å². The molecule has 1 N–H and O–H groups in total. The lowest BCUT2D eigenvalue weighted by Gasteiger charge is -2.29. The van der Waals surface area contributed by atoms with E-state index in [9.17, 15) is 9.90 Å². The highest BCUT2D eigenvalue weighted by Gasteiger charge is 2.37. The second-order valence-corrected chi connectivity index (χ2v) is 5.66. The number of ketones is 1. The fraction of sp³-hybridized carbons (Fsp3) is 0.316. The SMILES string of the molecule is COc1ccc(C2CC(=O)c3c(O)c(OC)c(OC)c(OC)c3O2)cc1. The van der Waals surface area contributed by atoms with Gasteiger partial charge in [0.15, 0.2) is 17.3 Å². The zero-order valence-electron chi connectivity index (χ0n) is 15.0. The quantitative estimate of drug-likeness (QED) is 0.877. The summed E-state index contributed by atoms with van der Waals surface area (Å²) in [5.41, 5.74) is 0.838. The van der Waals surface area contributed by atoms with E-state index >= 15 is 0 Å². The molecule has 2 aromatic rings. The van der Waals surface area contributed by atoms with Crippen molar-refractivity contribution in [3.8, 4) is 34.5 Å². The van der Waals surface area contributed by atoms with E-state index in [1.807, 2.05) is 12.1 Å². The standard InChI is InChI=1S/C19H20O7/c1-22-11-7-5-10(6-8-11)13-9-12(20)14-15(21)17(23-2)19(25-4)18(24-3)16(14)26-13/h5-8,13,21H,9H2,1-4H3. The first-order valence-corrected chi connectivity index (χ1v) is 7.94. The number of hydrogen-bond acceptors (Lipinski definition) is 7. The second kappa shape index (κ2) is 7.03. The molecule has 26 heavy (non-hydrogen) atoms. The molecule has 7 nitrogen and oxygen atoms in total. The predicted octanol–water partition coefficient (Wildman–Crippen LogP) is 3.13. The van der Waals surface area contributed by atoms with E-state index in [2.05, 4.69) is 0 Å². The van der Waals surface area contributed by atoms with Crippen LogP contribution in [0.2, 0.25) is 0 Å². The predicted molar refractivity (Wildman–Crippen MR) is 93.1 cm³/mol. The molecule has 0 fully saturated rings. The van der Waals surface area contributed by atoms with Crippen LogP contribution < -0.4 is 23.7 Å². The van der Waals surface area contributed by atoms with Gasteiger partial charge in [-0.05, 0) is 17.7 Å². The van der Waals surface area contributed by atoms with Crippen LogP contribution in [-0.4, -0.2) is 39.3 Å². The Morgan fingerprint density at radius 3 is 2.08 bits per heavy atom. The summed E-state index contributed by atoms with van der Waals surface area (Å²) in [6, 6.07) is 7.24. The second-order valence-electron chi connectivity index (χ2n) is 5.66. The van der Waals surface area contributed by atoms with Crippen LogP contribution in [-0.2, 0) is 0 Å². The van der Waals surface area contributed by atoms with E-state index in [1.54, 1.807) is 19.2 Å². The van der Waals surface area contributed by atoms with Crippen molar-refractivity contribution in [2.75, 3.05) is 28.4 Å². The minimum atomic E-state index is -0.521. The number of hydrogen-bond donors (Lipinski definition) is 1. The number of carbonyl (C=O) groups excluding carboxylic acids is 1. The van der Waals surface area contributed by atoms with Crippen LogP contribution in [0.25, 0.3) is 0 Å². The van der Waals surface area contributed by atoms with Crippen LogP contribution in [0.5, 0.6) is 34.5 Å². The van der Waals surface area contributed by atoms with Gasteiger partial charge < -0.3 is 28.8 Å². The number of benzene rings is 2. The Bertz CT molecular complexity index is 827. The van der Waals surface area contributed by atoms with Gasteiger partial charge in [0, 0.05) is 0 Å². The number of phenolic OH excluding ortho intramolecular Hbond substituents is 1. The molecule has 1 aliphatic rings. The van der Waals surface area contributed by atoms with Gasteiger partial charge >= 0.3 is 0 Å². The third-order valence-corrected chi connectivity index (χ3v) is 4.31. The number of fused-ring (bicyclic) bond motifs is 1. The molecular formula is C19H20O7. The Hall–Kier alpha value is -3.09. The van der Waals surface area contributed by atoms with Crippen molar-refractivity contribution in [1.82, 2.24) is 0 Å². The van der Waals surface area contributed by atoms with Crippen LogP contribution in [0.1, 0.15) is 28.4 Å². The van der Waals surface area contributed by atoms with E-state index in [-0.39, 0.29) is 46.5 Å². The summed E-state index contributed by atoms with van der Waals surface area (Å²) in [6.45, 7) is 0. The average Bonchev–Trinajstić information content (AvgIpc) is 2.67. The molecule has 0 radical (unpaired) electrons. The molecule has 0 bridgehead atoms. The molecule has 0 spiro atoms. The van der Waals surface area contributed by atoms with E-state index in [4.69, 9.17) is 23.7 Å². The summed E-state index contributed by atoms with van der Waals surface area (Å²) in [6.07, 6.45) is -0.446. The van der Waals surface area contributed by atoms with Gasteiger partial charge in [-0.3, -0.25) is 4.79 Å². The first-order valence-electron chi connectivity index (χ1n) is 7.94. The Labute approximate surface area is 151 Å². The van der Waals surface area contributed by atoms with Crippen LogP contribution >= 0.6 is 0 Å². The molecule has 3 rings (SSSR count). The third-order valence-electron chi connectivity index (χ3n) is 4.31. The molecule has 138 valence electrons. The lowest BCUT2D eigenvalue weighted by molar-refractivity contribution is 0.0834. The number of carbonyl (C=O) groups is 1. The molecule has 7 heteroatoms. The number of Topliss-reactive ketones (excluding diaryl/α,β-unsaturated/α-hetero) is 1. The summed E-state index contributed by atoms with van der Waals surface area (Å²) in [7, 11) is 5.80. The minimum Gasteiger partial charge on any atom is -0.504 e. The summed E-state index contributed by atoms with van der Waals surface area (Å²) < 4.78 is 27.0. The van der Waals surface area contributed by atoms with Crippen LogP contribution in [0, 0.1) is 0 Å². The molecule has 1 unspecified atom stereocenters. The Balaban J connectivity index is 2.11. The summed E-state index contributed by atoms with van der Waals surface area (Å²) in [5.74, 6) is 0.640. The highest BCUT2D eigenvalue weighted by molar-refractivity contribution is 6.05. The van der Waals surface area contributed by atoms with Crippen LogP contribution in [0.3, 0.4) is 0 Å². The topological polar surface area (TPSA) is 83.5 Å². The van der Waals surface area contributed by atoms with Gasteiger partial charge in [0.05, 0.1) is 34.9 Å². The summed E-state index contributed by atoms with van der Waals surface area (Å²) in [4.78, 5) is 12.7. The number of phenols is 1. The molecule has 0 saturated carbocycles. The van der Waals surface area contributed by atoms with Gasteiger partial charge in [-0.25, -0.2) is 0 Å². The summed E-state index contributed by atoms with van der Waals surface area (Å²) in [5, 5.41) is 10.5. The third kappa shape index (κ3) is 2.75. The Kier molecular flexibility index (Phi) is 4.79. The van der Waals surface area contributed by atoms with Gasteiger partial charge in [-0.2, -0.15) is 0 Å². The minimum absolute atomic E-state index is 0.0305. The maximum absolute atomic E-state index is 12.7. The molecule has 1 aliphatic heterocycles. The van der Waals surface area contributed by atoms with Gasteiger partial charge in [0.1, 0.15) is 17.4 Å². The van der Waals surface area contributed by atoms with Gasteiger partial charge in [-0.1, -0.05) is 12.1 Å². The normalized spacial score (nSPS) is 15.7. The lowest BCUT2D eigenvalue weighted by atomic mass is 9.94. The molecule has 2 aromatic carbocycles. The van der Waals surface area contributed by atoms with Crippen molar-refractivity contribution in [2.24, 2.45) is 0 Å². The molecular weight excluding hydrogens is 340 g/mol. The van der Waals surface area contributed by atoms with Gasteiger partial charge in [-0.15, -0.1) is 0 Å². The maximum Gasteiger partial charge on any atom is 0.211 e. The lowest BCUT2D eigenvalue weighted by Crippen LogP contribution is -2.21. The largest absolute Gasteiger partial charge is 0.504 e. The zero-order valence-corrected chi connectivity index (χ0v) is 15.0. The van der Waals surface area contributed by atoms with E-state index < -0.39 is 6.10 Å². The first-order chi connectivity index (χ1) is 12.5. The van der Waals surface area contributed by atoms with E-state index in [0.29, 0.717) is 5.75 Å². The van der Waals surface area contributed by atoms with Crippen molar-refractivity contribution in [1.29, 1.82) is 0 Å². The summed E-state index contributed by atoms with van der Waals surface area (Å²) >= 11 is 0. The van der Waals surface area contributed by atoms with Gasteiger partial charge in [0.25, 0.3) is 0 Å². The molecule has 0 aromatic heterocycles. The Morgan fingerprint density at radius 2 is 1.54 bits per heavy atom. The van der Waals surface area contributed by atoms with E-state index in [0.717, 1.165) is 5.56 Å². The highest BCUT2D eigenvalue weighted by atomic mass is 16.6. The fourth-order valence-corrected chi connectivity index (χ4v) is 3.04. The first kappa shape index (κ1) is 17.7. The Morgan fingerprint density at radius 1 is 0.923 bits per heavy atom. The van der Waals surface area contributed by atoms with Crippen molar-refractivity contribution in [3.05, 3.63) is 35.4 Å². The van der Waals surface area contributed by atoms with Crippen LogP contribution in [0.15, 0.2) is 24.3 Å². The number of methoxy groups -OCH3 is 4. The molecule has 0 saturated heterocycles. The number of aromatic hydroxyl groups is 1. The number of rotatable bonds is 5. The average molecular weight is 360 g/mol. The zero-order chi connectivity index (χ0) is 18.8.